The van der Waals surface area contributed by atoms with Gasteiger partial charge < -0.3 is 9.88 Å². The second kappa shape index (κ2) is 7.14. The van der Waals surface area contributed by atoms with Crippen LogP contribution in [0.1, 0.15) is 36.1 Å². The minimum atomic E-state index is 0.896. The highest BCUT2D eigenvalue weighted by molar-refractivity contribution is 5.79. The summed E-state index contributed by atoms with van der Waals surface area (Å²) in [6.45, 7) is 3.78. The van der Waals surface area contributed by atoms with Crippen molar-refractivity contribution in [1.29, 1.82) is 0 Å². The Morgan fingerprint density at radius 1 is 1.08 bits per heavy atom. The van der Waals surface area contributed by atoms with Gasteiger partial charge in [-0.3, -0.25) is 4.98 Å². The largest absolute Gasteiger partial charge is 0.346 e. The summed E-state index contributed by atoms with van der Waals surface area (Å²) in [5.41, 5.74) is 4.70. The molecule has 1 saturated heterocycles. The van der Waals surface area contributed by atoms with Gasteiger partial charge in [-0.1, -0.05) is 6.07 Å². The van der Waals surface area contributed by atoms with Gasteiger partial charge in [0.05, 0.1) is 0 Å². The molecule has 24 heavy (non-hydrogen) atoms. The van der Waals surface area contributed by atoms with Gasteiger partial charge in [-0.2, -0.15) is 0 Å². The topological polar surface area (TPSA) is 44.8 Å². The molecule has 0 atom stereocenters. The van der Waals surface area contributed by atoms with Crippen molar-refractivity contribution in [3.05, 3.63) is 59.7 Å². The second-order valence-electron chi connectivity index (χ2n) is 6.70. The molecule has 1 fully saturated rings. The number of hydrogen-bond donors (Lipinski definition) is 1. The van der Waals surface area contributed by atoms with Gasteiger partial charge in [-0.15, -0.1) is 0 Å². The molecule has 0 unspecified atom stereocenters. The minimum Gasteiger partial charge on any atom is -0.346 e. The normalized spacial score (nSPS) is 15.3. The molecule has 1 aliphatic heterocycles. The van der Waals surface area contributed by atoms with Gasteiger partial charge in [0, 0.05) is 36.1 Å². The lowest BCUT2D eigenvalue weighted by Gasteiger charge is -2.13. The smallest absolute Gasteiger partial charge is 0.137 e. The number of pyridine rings is 2. The molecular formula is C20H24N4. The van der Waals surface area contributed by atoms with E-state index in [1.165, 1.54) is 61.1 Å². The Hall–Kier alpha value is -2.20. The first kappa shape index (κ1) is 15.3. The van der Waals surface area contributed by atoms with Crippen molar-refractivity contribution in [3.8, 4) is 0 Å². The standard InChI is InChI=1S/C20H24N4/c1-2-11-24(10-1)12-4-5-18-8-7-16(14-22-18)13-17-15-23-20-19(17)6-3-9-21-20/h3,6-9,14-15H,1-2,4-5,10-13H2,(H,21,23). The predicted octanol–water partition coefficient (Wildman–Crippen LogP) is 3.58. The molecule has 4 rings (SSSR count). The molecular weight excluding hydrogens is 296 g/mol. The van der Waals surface area contributed by atoms with Gasteiger partial charge in [0.15, 0.2) is 0 Å². The van der Waals surface area contributed by atoms with Crippen LogP contribution in [-0.4, -0.2) is 39.5 Å². The lowest BCUT2D eigenvalue weighted by molar-refractivity contribution is 0.333. The van der Waals surface area contributed by atoms with Crippen molar-refractivity contribution in [2.24, 2.45) is 0 Å². The molecule has 4 nitrogen and oxygen atoms in total. The molecule has 4 heterocycles. The summed E-state index contributed by atoms with van der Waals surface area (Å²) in [6.07, 6.45) is 11.8. The van der Waals surface area contributed by atoms with E-state index in [1.54, 1.807) is 0 Å². The molecule has 3 aromatic heterocycles. The fourth-order valence-corrected chi connectivity index (χ4v) is 3.58. The zero-order valence-corrected chi connectivity index (χ0v) is 14.0. The van der Waals surface area contributed by atoms with Crippen LogP contribution in [0, 0.1) is 0 Å². The van der Waals surface area contributed by atoms with Gasteiger partial charge >= 0.3 is 0 Å². The summed E-state index contributed by atoms with van der Waals surface area (Å²) in [7, 11) is 0. The van der Waals surface area contributed by atoms with E-state index < -0.39 is 0 Å². The number of H-pyrrole nitrogens is 1. The highest BCUT2D eigenvalue weighted by Gasteiger charge is 2.10. The molecule has 0 bridgehead atoms. The van der Waals surface area contributed by atoms with Gasteiger partial charge in [-0.25, -0.2) is 4.98 Å². The van der Waals surface area contributed by atoms with Crippen molar-refractivity contribution in [2.75, 3.05) is 19.6 Å². The summed E-state index contributed by atoms with van der Waals surface area (Å²) in [5, 5.41) is 1.20. The Bertz CT molecular complexity index is 785. The van der Waals surface area contributed by atoms with E-state index in [0.29, 0.717) is 0 Å². The van der Waals surface area contributed by atoms with Crippen molar-refractivity contribution in [1.82, 2.24) is 19.9 Å². The zero-order chi connectivity index (χ0) is 16.2. The molecule has 0 saturated carbocycles. The molecule has 0 radical (unpaired) electrons. The molecule has 0 aliphatic carbocycles. The van der Waals surface area contributed by atoms with E-state index in [2.05, 4.69) is 44.2 Å². The van der Waals surface area contributed by atoms with Crippen LogP contribution in [-0.2, 0) is 12.8 Å². The SMILES string of the molecule is c1cnc2[nH]cc(Cc3ccc(CCCN4CCCC4)nc3)c2c1. The number of fused-ring (bicyclic) bond motifs is 1. The summed E-state index contributed by atoms with van der Waals surface area (Å²) >= 11 is 0. The molecule has 1 N–H and O–H groups in total. The molecule has 3 aromatic rings. The van der Waals surface area contributed by atoms with E-state index in [0.717, 1.165) is 18.5 Å². The Labute approximate surface area is 142 Å². The number of rotatable bonds is 6. The molecule has 124 valence electrons. The van der Waals surface area contributed by atoms with Crippen LogP contribution in [0.25, 0.3) is 11.0 Å². The highest BCUT2D eigenvalue weighted by atomic mass is 15.1. The number of hydrogen-bond acceptors (Lipinski definition) is 3. The Kier molecular flexibility index (Phi) is 4.56. The van der Waals surface area contributed by atoms with Gasteiger partial charge in [0.2, 0.25) is 0 Å². The summed E-state index contributed by atoms with van der Waals surface area (Å²) in [5.74, 6) is 0. The predicted molar refractivity (Wildman–Crippen MR) is 97.1 cm³/mol. The Morgan fingerprint density at radius 2 is 2.00 bits per heavy atom. The third-order valence-electron chi connectivity index (χ3n) is 4.92. The molecule has 4 heteroatoms. The molecule has 0 aromatic carbocycles. The van der Waals surface area contributed by atoms with Crippen molar-refractivity contribution >= 4 is 11.0 Å². The van der Waals surface area contributed by atoms with E-state index >= 15 is 0 Å². The maximum atomic E-state index is 4.66. The maximum Gasteiger partial charge on any atom is 0.137 e. The highest BCUT2D eigenvalue weighted by Crippen LogP contribution is 2.19. The fraction of sp³-hybridized carbons (Fsp3) is 0.400. The Balaban J connectivity index is 1.35. The van der Waals surface area contributed by atoms with E-state index in [1.807, 2.05) is 18.5 Å². The Morgan fingerprint density at radius 3 is 2.83 bits per heavy atom. The number of aromatic amines is 1. The quantitative estimate of drug-likeness (QED) is 0.755. The fourth-order valence-electron chi connectivity index (χ4n) is 3.58. The van der Waals surface area contributed by atoms with Gasteiger partial charge in [-0.05, 0) is 74.6 Å². The third-order valence-corrected chi connectivity index (χ3v) is 4.92. The van der Waals surface area contributed by atoms with Crippen molar-refractivity contribution < 1.29 is 0 Å². The van der Waals surface area contributed by atoms with E-state index in [9.17, 15) is 0 Å². The first-order chi connectivity index (χ1) is 11.9. The number of aromatic nitrogens is 3. The summed E-state index contributed by atoms with van der Waals surface area (Å²) in [4.78, 5) is 14.8. The first-order valence-corrected chi connectivity index (χ1v) is 8.96. The number of nitrogens with one attached hydrogen (secondary N) is 1. The van der Waals surface area contributed by atoms with Crippen LogP contribution in [0.15, 0.2) is 42.9 Å². The number of aryl methyl sites for hydroxylation is 1. The van der Waals surface area contributed by atoms with Crippen LogP contribution in [0.3, 0.4) is 0 Å². The monoisotopic (exact) mass is 320 g/mol. The maximum absolute atomic E-state index is 4.66. The zero-order valence-electron chi connectivity index (χ0n) is 14.0. The van der Waals surface area contributed by atoms with Gasteiger partial charge in [0.1, 0.15) is 5.65 Å². The summed E-state index contributed by atoms with van der Waals surface area (Å²) in [6, 6.07) is 8.51. The van der Waals surface area contributed by atoms with Crippen molar-refractivity contribution in [2.45, 2.75) is 32.1 Å². The van der Waals surface area contributed by atoms with Crippen LogP contribution >= 0.6 is 0 Å². The first-order valence-electron chi connectivity index (χ1n) is 8.96. The number of likely N-dealkylation sites (tertiary alicyclic amines) is 1. The lowest BCUT2D eigenvalue weighted by atomic mass is 10.1. The summed E-state index contributed by atoms with van der Waals surface area (Å²) < 4.78 is 0. The van der Waals surface area contributed by atoms with Gasteiger partial charge in [0.25, 0.3) is 0 Å². The van der Waals surface area contributed by atoms with E-state index in [-0.39, 0.29) is 0 Å². The average molecular weight is 320 g/mol. The molecule has 1 aliphatic rings. The average Bonchev–Trinajstić information content (AvgIpc) is 3.27. The molecule has 0 spiro atoms. The van der Waals surface area contributed by atoms with E-state index in [4.69, 9.17) is 0 Å². The lowest BCUT2D eigenvalue weighted by Crippen LogP contribution is -2.20. The van der Waals surface area contributed by atoms with Crippen LogP contribution < -0.4 is 0 Å². The van der Waals surface area contributed by atoms with Crippen molar-refractivity contribution in [3.63, 3.8) is 0 Å². The van der Waals surface area contributed by atoms with Crippen LogP contribution in [0.2, 0.25) is 0 Å². The van der Waals surface area contributed by atoms with Crippen LogP contribution in [0.4, 0.5) is 0 Å². The molecule has 0 amide bonds. The minimum absolute atomic E-state index is 0.896. The van der Waals surface area contributed by atoms with Crippen LogP contribution in [0.5, 0.6) is 0 Å². The third kappa shape index (κ3) is 3.49. The second-order valence-corrected chi connectivity index (χ2v) is 6.70. The number of nitrogens with zero attached hydrogens (tertiary/aromatic N) is 3.